The average Bonchev–Trinajstić information content (AvgIpc) is 2.78. The van der Waals surface area contributed by atoms with Gasteiger partial charge in [0, 0.05) is 11.1 Å². The lowest BCUT2D eigenvalue weighted by Crippen LogP contribution is -2.24. The van der Waals surface area contributed by atoms with Crippen molar-refractivity contribution in [2.24, 2.45) is 5.10 Å². The van der Waals surface area contributed by atoms with E-state index in [9.17, 15) is 14.0 Å². The number of ether oxygens (including phenoxy) is 3. The quantitative estimate of drug-likeness (QED) is 0.443. The number of rotatable bonds is 7. The molecule has 0 fully saturated rings. The van der Waals surface area contributed by atoms with Gasteiger partial charge in [0.25, 0.3) is 5.91 Å². The van der Waals surface area contributed by atoms with Crippen LogP contribution >= 0.6 is 0 Å². The molecule has 0 radical (unpaired) electrons. The molecule has 9 nitrogen and oxygen atoms in total. The monoisotopic (exact) mass is 426 g/mol. The fourth-order valence-corrected chi connectivity index (χ4v) is 2.75. The van der Waals surface area contributed by atoms with Crippen LogP contribution in [0.5, 0.6) is 17.2 Å². The van der Waals surface area contributed by atoms with Crippen LogP contribution in [0.4, 0.5) is 4.39 Å². The van der Waals surface area contributed by atoms with Gasteiger partial charge in [-0.05, 0) is 42.5 Å². The number of H-pyrrole nitrogens is 1. The zero-order valence-electron chi connectivity index (χ0n) is 16.9. The maximum atomic E-state index is 13.1. The van der Waals surface area contributed by atoms with E-state index in [1.54, 1.807) is 12.1 Å². The highest BCUT2D eigenvalue weighted by molar-refractivity contribution is 5.94. The molecule has 1 heterocycles. The van der Waals surface area contributed by atoms with E-state index in [1.807, 2.05) is 0 Å². The van der Waals surface area contributed by atoms with Crippen LogP contribution in [0.2, 0.25) is 0 Å². The molecule has 1 amide bonds. The average molecular weight is 426 g/mol. The summed E-state index contributed by atoms with van der Waals surface area (Å²) in [5.41, 5.74) is 2.84. The summed E-state index contributed by atoms with van der Waals surface area (Å²) in [6.07, 6.45) is 1.38. The minimum Gasteiger partial charge on any atom is -0.493 e. The highest BCUT2D eigenvalue weighted by Gasteiger charge is 2.13. The Kier molecular flexibility index (Phi) is 6.61. The molecule has 3 aromatic rings. The minimum absolute atomic E-state index is 0.0543. The van der Waals surface area contributed by atoms with Gasteiger partial charge >= 0.3 is 5.69 Å². The molecule has 0 atom stereocenters. The molecule has 0 saturated heterocycles. The Balaban J connectivity index is 1.80. The summed E-state index contributed by atoms with van der Waals surface area (Å²) in [6, 6.07) is 10.1. The van der Waals surface area contributed by atoms with Crippen molar-refractivity contribution in [3.63, 3.8) is 0 Å². The third-order valence-electron chi connectivity index (χ3n) is 4.20. The molecule has 3 rings (SSSR count). The predicted octanol–water partition coefficient (Wildman–Crippen LogP) is 2.37. The number of benzene rings is 2. The SMILES string of the molecule is COc1cc(/C=N/NC(=O)c2cc(-c3ccc(F)cc3)nc(=O)[nH]2)cc(OC)c1OC. The molecule has 160 valence electrons. The summed E-state index contributed by atoms with van der Waals surface area (Å²) in [4.78, 5) is 30.4. The van der Waals surface area contributed by atoms with Crippen molar-refractivity contribution in [2.45, 2.75) is 0 Å². The first kappa shape index (κ1) is 21.5. The Morgan fingerprint density at radius 3 is 2.29 bits per heavy atom. The molecule has 0 bridgehead atoms. The smallest absolute Gasteiger partial charge is 0.346 e. The van der Waals surface area contributed by atoms with Crippen LogP contribution in [0.3, 0.4) is 0 Å². The highest BCUT2D eigenvalue weighted by Crippen LogP contribution is 2.37. The van der Waals surface area contributed by atoms with Crippen LogP contribution in [0.25, 0.3) is 11.3 Å². The number of aromatic amines is 1. The number of nitrogens with zero attached hydrogens (tertiary/aromatic N) is 2. The van der Waals surface area contributed by atoms with Gasteiger partial charge < -0.3 is 19.2 Å². The lowest BCUT2D eigenvalue weighted by atomic mass is 10.1. The van der Waals surface area contributed by atoms with Gasteiger partial charge in [-0.1, -0.05) is 0 Å². The zero-order valence-corrected chi connectivity index (χ0v) is 16.9. The van der Waals surface area contributed by atoms with Gasteiger partial charge in [0.05, 0.1) is 33.2 Å². The summed E-state index contributed by atoms with van der Waals surface area (Å²) in [5.74, 6) is 0.196. The maximum absolute atomic E-state index is 13.1. The molecule has 0 aliphatic rings. The van der Waals surface area contributed by atoms with Crippen molar-refractivity contribution in [1.82, 2.24) is 15.4 Å². The van der Waals surface area contributed by atoms with E-state index >= 15 is 0 Å². The maximum Gasteiger partial charge on any atom is 0.346 e. The van der Waals surface area contributed by atoms with Gasteiger partial charge in [-0.2, -0.15) is 10.1 Å². The summed E-state index contributed by atoms with van der Waals surface area (Å²) in [7, 11) is 4.46. The number of nitrogens with one attached hydrogen (secondary N) is 2. The molecule has 2 N–H and O–H groups in total. The third kappa shape index (κ3) is 5.04. The Morgan fingerprint density at radius 1 is 1.06 bits per heavy atom. The highest BCUT2D eigenvalue weighted by atomic mass is 19.1. The largest absolute Gasteiger partial charge is 0.493 e. The van der Waals surface area contributed by atoms with Crippen molar-refractivity contribution in [1.29, 1.82) is 0 Å². The second kappa shape index (κ2) is 9.53. The van der Waals surface area contributed by atoms with E-state index in [-0.39, 0.29) is 11.4 Å². The Hall–Kier alpha value is -4.21. The van der Waals surface area contributed by atoms with Crippen LogP contribution in [0.15, 0.2) is 52.4 Å². The van der Waals surface area contributed by atoms with Gasteiger partial charge in [-0.3, -0.25) is 4.79 Å². The van der Waals surface area contributed by atoms with Crippen LogP contribution < -0.4 is 25.3 Å². The summed E-state index contributed by atoms with van der Waals surface area (Å²) in [6.45, 7) is 0. The van der Waals surface area contributed by atoms with Crippen LogP contribution in [0, 0.1) is 5.82 Å². The van der Waals surface area contributed by atoms with E-state index in [2.05, 4.69) is 20.5 Å². The van der Waals surface area contributed by atoms with E-state index in [0.29, 0.717) is 28.4 Å². The molecule has 0 aliphatic carbocycles. The lowest BCUT2D eigenvalue weighted by molar-refractivity contribution is 0.0949. The molecule has 2 aromatic carbocycles. The third-order valence-corrected chi connectivity index (χ3v) is 4.20. The lowest BCUT2D eigenvalue weighted by Gasteiger charge is -2.12. The zero-order chi connectivity index (χ0) is 22.4. The molecule has 0 spiro atoms. The molecular formula is C21H19FN4O5. The van der Waals surface area contributed by atoms with Crippen LogP contribution in [-0.2, 0) is 0 Å². The Bertz CT molecular complexity index is 1150. The van der Waals surface area contributed by atoms with E-state index in [1.165, 1.54) is 57.9 Å². The number of hydrogen-bond donors (Lipinski definition) is 2. The van der Waals surface area contributed by atoms with Crippen molar-refractivity contribution in [3.05, 3.63) is 70.0 Å². The second-order valence-corrected chi connectivity index (χ2v) is 6.15. The van der Waals surface area contributed by atoms with Crippen molar-refractivity contribution < 1.29 is 23.4 Å². The van der Waals surface area contributed by atoms with Crippen molar-refractivity contribution in [2.75, 3.05) is 21.3 Å². The Labute approximate surface area is 176 Å². The number of carbonyl (C=O) groups is 1. The fourth-order valence-electron chi connectivity index (χ4n) is 2.75. The van der Waals surface area contributed by atoms with E-state index < -0.39 is 17.4 Å². The summed E-state index contributed by atoms with van der Waals surface area (Å²) < 4.78 is 28.9. The van der Waals surface area contributed by atoms with Gasteiger partial charge in [0.2, 0.25) is 5.75 Å². The van der Waals surface area contributed by atoms with Gasteiger partial charge in [0.1, 0.15) is 11.5 Å². The number of hydrazone groups is 1. The first-order valence-electron chi connectivity index (χ1n) is 8.96. The van der Waals surface area contributed by atoms with Crippen molar-refractivity contribution in [3.8, 4) is 28.5 Å². The number of amides is 1. The summed E-state index contributed by atoms with van der Waals surface area (Å²) >= 11 is 0. The van der Waals surface area contributed by atoms with Gasteiger partial charge in [0.15, 0.2) is 11.5 Å². The van der Waals surface area contributed by atoms with E-state index in [4.69, 9.17) is 14.2 Å². The molecule has 10 heteroatoms. The number of halogens is 1. The second-order valence-electron chi connectivity index (χ2n) is 6.15. The van der Waals surface area contributed by atoms with E-state index in [0.717, 1.165) is 0 Å². The van der Waals surface area contributed by atoms with Gasteiger partial charge in [-0.15, -0.1) is 0 Å². The molecule has 31 heavy (non-hydrogen) atoms. The van der Waals surface area contributed by atoms with Gasteiger partial charge in [-0.25, -0.2) is 14.6 Å². The number of carbonyl (C=O) groups excluding carboxylic acids is 1. The van der Waals surface area contributed by atoms with Crippen LogP contribution in [-0.4, -0.2) is 43.4 Å². The molecular weight excluding hydrogens is 407 g/mol. The van der Waals surface area contributed by atoms with Crippen LogP contribution in [0.1, 0.15) is 16.1 Å². The normalized spacial score (nSPS) is 10.7. The minimum atomic E-state index is -0.722. The molecule has 1 aromatic heterocycles. The molecule has 0 saturated carbocycles. The first-order chi connectivity index (χ1) is 14.9. The summed E-state index contributed by atoms with van der Waals surface area (Å²) in [5, 5.41) is 3.90. The molecule has 0 unspecified atom stereocenters. The standard InChI is InChI=1S/C21H19FN4O5/c1-29-17-8-12(9-18(30-2)19(17)31-3)11-23-26-20(27)16-10-15(24-21(28)25-16)13-4-6-14(22)7-5-13/h4-11H,1-3H3,(H,26,27)(H,24,25,28)/b23-11+. The first-order valence-corrected chi connectivity index (χ1v) is 8.96. The predicted molar refractivity (Wildman–Crippen MR) is 111 cm³/mol. The molecule has 0 aliphatic heterocycles. The van der Waals surface area contributed by atoms with Crippen molar-refractivity contribution >= 4 is 12.1 Å². The number of methoxy groups -OCH3 is 3. The Morgan fingerprint density at radius 2 is 1.71 bits per heavy atom. The number of hydrogen-bond acceptors (Lipinski definition) is 7. The fraction of sp³-hybridized carbons (Fsp3) is 0.143. The topological polar surface area (TPSA) is 115 Å². The number of aromatic nitrogens is 2.